The average molecular weight is 342 g/mol. The summed E-state index contributed by atoms with van der Waals surface area (Å²) in [6.45, 7) is 4.33. The van der Waals surface area contributed by atoms with E-state index in [1.165, 1.54) is 11.1 Å². The molecular formula is C19H26N4O2. The van der Waals surface area contributed by atoms with Crippen molar-refractivity contribution >= 4 is 5.96 Å². The third kappa shape index (κ3) is 4.82. The molecule has 1 saturated heterocycles. The summed E-state index contributed by atoms with van der Waals surface area (Å²) in [6, 6.07) is 10.5. The monoisotopic (exact) mass is 342 g/mol. The number of aromatic nitrogens is 1. The van der Waals surface area contributed by atoms with Gasteiger partial charge in [0.25, 0.3) is 0 Å². The molecule has 2 aromatic rings. The quantitative estimate of drug-likeness (QED) is 0.646. The van der Waals surface area contributed by atoms with E-state index in [-0.39, 0.29) is 6.10 Å². The molecule has 25 heavy (non-hydrogen) atoms. The van der Waals surface area contributed by atoms with E-state index in [0.29, 0.717) is 12.5 Å². The SMILES string of the molecule is CN=C(NCc1ccon1)NCC1CCCOC1c1ccc(C)cc1. The van der Waals surface area contributed by atoms with Crippen molar-refractivity contribution in [3.63, 3.8) is 0 Å². The molecule has 1 aliphatic heterocycles. The fourth-order valence-electron chi connectivity index (χ4n) is 3.13. The zero-order valence-corrected chi connectivity index (χ0v) is 14.9. The van der Waals surface area contributed by atoms with Crippen molar-refractivity contribution in [3.05, 3.63) is 53.4 Å². The van der Waals surface area contributed by atoms with Gasteiger partial charge in [-0.15, -0.1) is 0 Å². The van der Waals surface area contributed by atoms with Gasteiger partial charge >= 0.3 is 0 Å². The van der Waals surface area contributed by atoms with Gasteiger partial charge in [0.05, 0.1) is 12.6 Å². The van der Waals surface area contributed by atoms with Gasteiger partial charge in [0, 0.05) is 32.2 Å². The van der Waals surface area contributed by atoms with Crippen LogP contribution in [-0.4, -0.2) is 31.3 Å². The Balaban J connectivity index is 1.56. The van der Waals surface area contributed by atoms with Gasteiger partial charge < -0.3 is 19.9 Å². The zero-order valence-electron chi connectivity index (χ0n) is 14.9. The van der Waals surface area contributed by atoms with Gasteiger partial charge in [0.1, 0.15) is 12.0 Å². The van der Waals surface area contributed by atoms with Gasteiger partial charge in [-0.25, -0.2) is 0 Å². The number of ether oxygens (including phenoxy) is 1. The third-order valence-corrected chi connectivity index (χ3v) is 4.53. The summed E-state index contributed by atoms with van der Waals surface area (Å²) in [5.74, 6) is 1.18. The van der Waals surface area contributed by atoms with Crippen LogP contribution in [0.1, 0.15) is 35.8 Å². The first-order valence-electron chi connectivity index (χ1n) is 8.78. The normalized spacial score (nSPS) is 21.1. The lowest BCUT2D eigenvalue weighted by atomic mass is 9.89. The first kappa shape index (κ1) is 17.5. The molecule has 0 radical (unpaired) electrons. The van der Waals surface area contributed by atoms with Crippen LogP contribution in [0.4, 0.5) is 0 Å². The van der Waals surface area contributed by atoms with Crippen LogP contribution in [0, 0.1) is 12.8 Å². The lowest BCUT2D eigenvalue weighted by Crippen LogP contribution is -2.41. The van der Waals surface area contributed by atoms with Crippen LogP contribution < -0.4 is 10.6 Å². The maximum Gasteiger partial charge on any atom is 0.191 e. The molecule has 1 aromatic heterocycles. The van der Waals surface area contributed by atoms with Gasteiger partial charge in [-0.1, -0.05) is 35.0 Å². The van der Waals surface area contributed by atoms with E-state index in [1.807, 2.05) is 6.07 Å². The van der Waals surface area contributed by atoms with E-state index in [1.54, 1.807) is 13.3 Å². The Bertz CT molecular complexity index is 667. The number of benzene rings is 1. The predicted octanol–water partition coefficient (Wildman–Crippen LogP) is 2.82. The number of hydrogen-bond donors (Lipinski definition) is 2. The molecule has 1 aromatic carbocycles. The number of nitrogens with zero attached hydrogens (tertiary/aromatic N) is 2. The van der Waals surface area contributed by atoms with E-state index in [9.17, 15) is 0 Å². The Kier molecular flexibility index (Phi) is 6.06. The minimum absolute atomic E-state index is 0.135. The molecular weight excluding hydrogens is 316 g/mol. The molecule has 2 N–H and O–H groups in total. The number of aryl methyl sites for hydroxylation is 1. The minimum atomic E-state index is 0.135. The highest BCUT2D eigenvalue weighted by atomic mass is 16.5. The summed E-state index contributed by atoms with van der Waals surface area (Å²) in [5.41, 5.74) is 3.37. The minimum Gasteiger partial charge on any atom is -0.373 e. The number of hydrogen-bond acceptors (Lipinski definition) is 4. The molecule has 2 heterocycles. The van der Waals surface area contributed by atoms with E-state index < -0.39 is 0 Å². The van der Waals surface area contributed by atoms with Gasteiger partial charge in [-0.05, 0) is 25.3 Å². The average Bonchev–Trinajstić information content (AvgIpc) is 3.16. The standard InChI is InChI=1S/C19H26N4O2/c1-14-5-7-15(8-6-14)18-16(4-3-10-24-18)12-21-19(20-2)22-13-17-9-11-25-23-17/h5-9,11,16,18H,3-4,10,12-13H2,1-2H3,(H2,20,21,22). The highest BCUT2D eigenvalue weighted by molar-refractivity contribution is 5.79. The molecule has 134 valence electrons. The largest absolute Gasteiger partial charge is 0.373 e. The highest BCUT2D eigenvalue weighted by Gasteiger charge is 2.27. The number of aliphatic imine (C=N–C) groups is 1. The third-order valence-electron chi connectivity index (χ3n) is 4.53. The van der Waals surface area contributed by atoms with E-state index >= 15 is 0 Å². The summed E-state index contributed by atoms with van der Waals surface area (Å²) in [5, 5.41) is 10.6. The van der Waals surface area contributed by atoms with Crippen molar-refractivity contribution in [3.8, 4) is 0 Å². The summed E-state index contributed by atoms with van der Waals surface area (Å²) < 4.78 is 10.9. The number of nitrogens with one attached hydrogen (secondary N) is 2. The molecule has 0 saturated carbocycles. The molecule has 0 aliphatic carbocycles. The molecule has 0 spiro atoms. The molecule has 1 aliphatic rings. The smallest absolute Gasteiger partial charge is 0.191 e. The van der Waals surface area contributed by atoms with Crippen molar-refractivity contribution in [2.24, 2.45) is 10.9 Å². The fourth-order valence-corrected chi connectivity index (χ4v) is 3.13. The van der Waals surface area contributed by atoms with Crippen LogP contribution in [0.25, 0.3) is 0 Å². The molecule has 2 atom stereocenters. The lowest BCUT2D eigenvalue weighted by Gasteiger charge is -2.32. The molecule has 0 amide bonds. The fraction of sp³-hybridized carbons (Fsp3) is 0.474. The maximum absolute atomic E-state index is 6.08. The van der Waals surface area contributed by atoms with Crippen LogP contribution in [0.3, 0.4) is 0 Å². The van der Waals surface area contributed by atoms with Crippen LogP contribution in [0.5, 0.6) is 0 Å². The van der Waals surface area contributed by atoms with E-state index in [0.717, 1.165) is 37.6 Å². The van der Waals surface area contributed by atoms with Crippen molar-refractivity contribution < 1.29 is 9.26 Å². The molecule has 1 fully saturated rings. The molecule has 6 heteroatoms. The molecule has 6 nitrogen and oxygen atoms in total. The summed E-state index contributed by atoms with van der Waals surface area (Å²) in [7, 11) is 1.77. The predicted molar refractivity (Wildman–Crippen MR) is 97.3 cm³/mol. The number of rotatable bonds is 5. The van der Waals surface area contributed by atoms with Crippen LogP contribution >= 0.6 is 0 Å². The lowest BCUT2D eigenvalue weighted by molar-refractivity contribution is -0.0265. The molecule has 0 bridgehead atoms. The van der Waals surface area contributed by atoms with Crippen molar-refractivity contribution in [2.75, 3.05) is 20.2 Å². The Morgan fingerprint density at radius 1 is 1.24 bits per heavy atom. The maximum atomic E-state index is 6.08. The van der Waals surface area contributed by atoms with Crippen molar-refractivity contribution in [1.82, 2.24) is 15.8 Å². The summed E-state index contributed by atoms with van der Waals surface area (Å²) in [4.78, 5) is 4.28. The molecule has 2 unspecified atom stereocenters. The van der Waals surface area contributed by atoms with Gasteiger partial charge in [0.15, 0.2) is 5.96 Å². The van der Waals surface area contributed by atoms with E-state index in [2.05, 4.69) is 52.0 Å². The topological polar surface area (TPSA) is 71.7 Å². The summed E-state index contributed by atoms with van der Waals surface area (Å²) in [6.07, 6.45) is 3.94. The Hall–Kier alpha value is -2.34. The second kappa shape index (κ2) is 8.67. The Morgan fingerprint density at radius 3 is 2.80 bits per heavy atom. The zero-order chi connectivity index (χ0) is 17.5. The van der Waals surface area contributed by atoms with Crippen LogP contribution in [0.15, 0.2) is 46.1 Å². The van der Waals surface area contributed by atoms with Gasteiger partial charge in [-0.2, -0.15) is 0 Å². The molecule has 3 rings (SSSR count). The Morgan fingerprint density at radius 2 is 2.08 bits per heavy atom. The van der Waals surface area contributed by atoms with Crippen molar-refractivity contribution in [1.29, 1.82) is 0 Å². The van der Waals surface area contributed by atoms with Crippen LogP contribution in [0.2, 0.25) is 0 Å². The Labute approximate surface area is 148 Å². The first-order valence-corrected chi connectivity index (χ1v) is 8.78. The second-order valence-electron chi connectivity index (χ2n) is 6.40. The summed E-state index contributed by atoms with van der Waals surface area (Å²) >= 11 is 0. The number of guanidine groups is 1. The van der Waals surface area contributed by atoms with Crippen molar-refractivity contribution in [2.45, 2.75) is 32.4 Å². The van der Waals surface area contributed by atoms with Gasteiger partial charge in [0.2, 0.25) is 0 Å². The first-order chi connectivity index (χ1) is 12.3. The second-order valence-corrected chi connectivity index (χ2v) is 6.40. The van der Waals surface area contributed by atoms with Crippen LogP contribution in [-0.2, 0) is 11.3 Å². The highest BCUT2D eigenvalue weighted by Crippen LogP contribution is 2.33. The van der Waals surface area contributed by atoms with E-state index in [4.69, 9.17) is 9.26 Å². The van der Waals surface area contributed by atoms with Gasteiger partial charge in [-0.3, -0.25) is 4.99 Å².